The van der Waals surface area contributed by atoms with E-state index in [4.69, 9.17) is 0 Å². The van der Waals surface area contributed by atoms with Gasteiger partial charge in [0.15, 0.2) is 0 Å². The van der Waals surface area contributed by atoms with E-state index in [1.807, 2.05) is 6.07 Å². The summed E-state index contributed by atoms with van der Waals surface area (Å²) < 4.78 is 4.35. The molecule has 0 unspecified atom stereocenters. The third-order valence-electron chi connectivity index (χ3n) is 1.53. The van der Waals surface area contributed by atoms with Crippen molar-refractivity contribution in [1.82, 2.24) is 14.0 Å². The van der Waals surface area contributed by atoms with Crippen molar-refractivity contribution in [3.05, 3.63) is 19.5 Å². The van der Waals surface area contributed by atoms with Crippen molar-refractivity contribution in [2.24, 2.45) is 0 Å². The lowest BCUT2D eigenvalue weighted by atomic mass is 10.3. The Morgan fingerprint density at radius 3 is 2.54 bits per heavy atom. The monoisotopic (exact) mass is 431 g/mol. The summed E-state index contributed by atoms with van der Waals surface area (Å²) in [6.07, 6.45) is 0. The summed E-state index contributed by atoms with van der Waals surface area (Å²) in [5.74, 6) is 0. The SMILES string of the molecule is Brc1cc2nnn(Br)c2c(Br)c1Br. The van der Waals surface area contributed by atoms with Gasteiger partial charge in [-0.1, -0.05) is 5.21 Å². The fraction of sp³-hybridized carbons (Fsp3) is 0. The van der Waals surface area contributed by atoms with Crippen LogP contribution in [0.2, 0.25) is 0 Å². The molecule has 0 N–H and O–H groups in total. The molecule has 2 rings (SSSR count). The number of fused-ring (bicyclic) bond motifs is 1. The molecule has 68 valence electrons. The van der Waals surface area contributed by atoms with E-state index in [0.29, 0.717) is 0 Å². The number of halogens is 4. The first kappa shape index (κ1) is 10.1. The molecular weight excluding hydrogens is 434 g/mol. The Morgan fingerprint density at radius 2 is 1.85 bits per heavy atom. The van der Waals surface area contributed by atoms with Crippen LogP contribution in [0.25, 0.3) is 11.0 Å². The molecule has 1 heterocycles. The molecule has 1 aromatic carbocycles. The summed E-state index contributed by atoms with van der Waals surface area (Å²) in [4.78, 5) is 0. The van der Waals surface area contributed by atoms with E-state index in [9.17, 15) is 0 Å². The van der Waals surface area contributed by atoms with Crippen molar-refractivity contribution >= 4 is 75.0 Å². The van der Waals surface area contributed by atoms with Crippen molar-refractivity contribution in [2.45, 2.75) is 0 Å². The molecule has 0 bridgehead atoms. The van der Waals surface area contributed by atoms with Gasteiger partial charge in [0.2, 0.25) is 0 Å². The predicted molar refractivity (Wildman–Crippen MR) is 65.0 cm³/mol. The minimum Gasteiger partial charge on any atom is -0.176 e. The maximum Gasteiger partial charge on any atom is 0.117 e. The fourth-order valence-corrected chi connectivity index (χ4v) is 3.19. The van der Waals surface area contributed by atoms with Gasteiger partial charge in [-0.25, -0.2) is 0 Å². The lowest BCUT2D eigenvalue weighted by molar-refractivity contribution is 0.923. The van der Waals surface area contributed by atoms with Crippen LogP contribution in [0, 0.1) is 0 Å². The van der Waals surface area contributed by atoms with Crippen molar-refractivity contribution in [3.8, 4) is 0 Å². The summed E-state index contributed by atoms with van der Waals surface area (Å²) >= 11 is 13.5. The van der Waals surface area contributed by atoms with Crippen LogP contribution < -0.4 is 0 Å². The van der Waals surface area contributed by atoms with E-state index in [2.05, 4.69) is 74.2 Å². The molecule has 0 atom stereocenters. The highest BCUT2D eigenvalue weighted by atomic mass is 79.9. The second kappa shape index (κ2) is 3.60. The molecule has 0 aliphatic heterocycles. The molecule has 1 aromatic heterocycles. The van der Waals surface area contributed by atoms with Crippen molar-refractivity contribution < 1.29 is 0 Å². The molecule has 0 saturated carbocycles. The van der Waals surface area contributed by atoms with Crippen LogP contribution in [0.15, 0.2) is 19.5 Å². The normalized spacial score (nSPS) is 11.1. The molecule has 0 amide bonds. The number of benzene rings is 1. The Morgan fingerprint density at radius 1 is 1.15 bits per heavy atom. The van der Waals surface area contributed by atoms with E-state index in [0.717, 1.165) is 24.5 Å². The van der Waals surface area contributed by atoms with Crippen molar-refractivity contribution in [2.75, 3.05) is 0 Å². The maximum atomic E-state index is 3.97. The van der Waals surface area contributed by atoms with Crippen LogP contribution in [-0.2, 0) is 0 Å². The minimum atomic E-state index is 0.818. The van der Waals surface area contributed by atoms with Gasteiger partial charge in [-0.3, -0.25) is 0 Å². The largest absolute Gasteiger partial charge is 0.176 e. The zero-order chi connectivity index (χ0) is 9.59. The number of rotatable bonds is 0. The van der Waals surface area contributed by atoms with Gasteiger partial charge in [0.1, 0.15) is 11.0 Å². The minimum absolute atomic E-state index is 0.818. The molecule has 2 aromatic rings. The van der Waals surface area contributed by atoms with Crippen LogP contribution in [0.1, 0.15) is 0 Å². The highest BCUT2D eigenvalue weighted by Gasteiger charge is 2.12. The second-order valence-electron chi connectivity index (χ2n) is 2.30. The molecule has 0 radical (unpaired) electrons. The lowest BCUT2D eigenvalue weighted by Crippen LogP contribution is -1.83. The van der Waals surface area contributed by atoms with E-state index in [-0.39, 0.29) is 0 Å². The van der Waals surface area contributed by atoms with Crippen LogP contribution >= 0.6 is 63.9 Å². The number of hydrogen-bond donors (Lipinski definition) is 0. The molecular formula is C6HBr4N3. The van der Waals surface area contributed by atoms with Gasteiger partial charge in [-0.05, 0) is 53.9 Å². The molecule has 0 fully saturated rings. The highest BCUT2D eigenvalue weighted by Crippen LogP contribution is 2.36. The number of nitrogens with zero attached hydrogens (tertiary/aromatic N) is 3. The number of aromatic nitrogens is 3. The van der Waals surface area contributed by atoms with Crippen LogP contribution in [0.4, 0.5) is 0 Å². The zero-order valence-electron chi connectivity index (χ0n) is 5.93. The van der Waals surface area contributed by atoms with Gasteiger partial charge in [-0.15, -0.1) is 5.10 Å². The molecule has 0 saturated heterocycles. The molecule has 3 nitrogen and oxygen atoms in total. The fourth-order valence-electron chi connectivity index (χ4n) is 0.957. The average Bonchev–Trinajstić information content (AvgIpc) is 2.43. The molecule has 0 aliphatic carbocycles. The van der Waals surface area contributed by atoms with Gasteiger partial charge < -0.3 is 0 Å². The van der Waals surface area contributed by atoms with Gasteiger partial charge in [0, 0.05) is 8.95 Å². The molecule has 7 heteroatoms. The van der Waals surface area contributed by atoms with Crippen molar-refractivity contribution in [3.63, 3.8) is 0 Å². The summed E-state index contributed by atoms with van der Waals surface area (Å²) in [6.45, 7) is 0. The van der Waals surface area contributed by atoms with E-state index in [1.165, 1.54) is 0 Å². The summed E-state index contributed by atoms with van der Waals surface area (Å²) in [6, 6.07) is 1.90. The smallest absolute Gasteiger partial charge is 0.117 e. The van der Waals surface area contributed by atoms with E-state index < -0.39 is 0 Å². The molecule has 13 heavy (non-hydrogen) atoms. The summed E-state index contributed by atoms with van der Waals surface area (Å²) in [5, 5.41) is 7.82. The van der Waals surface area contributed by atoms with Gasteiger partial charge in [0.05, 0.1) is 20.6 Å². The van der Waals surface area contributed by atoms with Crippen LogP contribution in [0.3, 0.4) is 0 Å². The second-order valence-corrected chi connectivity index (χ2v) is 5.42. The maximum absolute atomic E-state index is 3.97. The van der Waals surface area contributed by atoms with Gasteiger partial charge >= 0.3 is 0 Å². The van der Waals surface area contributed by atoms with Crippen LogP contribution in [-0.4, -0.2) is 14.0 Å². The standard InChI is InChI=1S/C6HBr4N3/c7-2-1-3-6(5(9)4(2)8)13(10)12-11-3/h1H. The zero-order valence-corrected chi connectivity index (χ0v) is 12.3. The predicted octanol–water partition coefficient (Wildman–Crippen LogP) is 3.88. The third-order valence-corrected chi connectivity index (χ3v) is 5.31. The Labute approximate surface area is 108 Å². The average molecular weight is 435 g/mol. The number of hydrogen-bond acceptors (Lipinski definition) is 2. The first-order valence-electron chi connectivity index (χ1n) is 3.16. The van der Waals surface area contributed by atoms with E-state index in [1.54, 1.807) is 3.71 Å². The molecule has 0 aliphatic rings. The summed E-state index contributed by atoms with van der Waals surface area (Å²) in [7, 11) is 0. The summed E-state index contributed by atoms with van der Waals surface area (Å²) in [5.41, 5.74) is 1.72. The van der Waals surface area contributed by atoms with Crippen molar-refractivity contribution in [1.29, 1.82) is 0 Å². The topological polar surface area (TPSA) is 30.7 Å². The first-order valence-corrected chi connectivity index (χ1v) is 6.25. The van der Waals surface area contributed by atoms with Gasteiger partial charge in [-0.2, -0.15) is 3.71 Å². The molecule has 0 spiro atoms. The van der Waals surface area contributed by atoms with Gasteiger partial charge in [0.25, 0.3) is 0 Å². The Kier molecular flexibility index (Phi) is 2.79. The Bertz CT molecular complexity index is 478. The lowest BCUT2D eigenvalue weighted by Gasteiger charge is -2.00. The Balaban J connectivity index is 2.97. The third kappa shape index (κ3) is 1.60. The quantitative estimate of drug-likeness (QED) is 0.589. The van der Waals surface area contributed by atoms with Crippen LogP contribution in [0.5, 0.6) is 0 Å². The Hall–Kier alpha value is 0.540. The highest BCUT2D eigenvalue weighted by molar-refractivity contribution is 9.14. The van der Waals surface area contributed by atoms with E-state index >= 15 is 0 Å². The first-order chi connectivity index (χ1) is 6.11.